The lowest BCUT2D eigenvalue weighted by Gasteiger charge is -2.34. The van der Waals surface area contributed by atoms with Crippen molar-refractivity contribution in [2.24, 2.45) is 0 Å². The fourth-order valence-corrected chi connectivity index (χ4v) is 3.62. The Morgan fingerprint density at radius 1 is 1.07 bits per heavy atom. The third kappa shape index (κ3) is 4.72. The number of hydrogen-bond acceptors (Lipinski definition) is 4. The second-order valence-electron chi connectivity index (χ2n) is 6.77. The van der Waals surface area contributed by atoms with Crippen LogP contribution in [0.1, 0.15) is 16.7 Å². The van der Waals surface area contributed by atoms with E-state index in [0.29, 0.717) is 6.42 Å². The smallest absolute Gasteiger partial charge is 0.326 e. The van der Waals surface area contributed by atoms with Crippen molar-refractivity contribution in [3.63, 3.8) is 0 Å². The molecule has 2 amide bonds. The van der Waals surface area contributed by atoms with Gasteiger partial charge in [0, 0.05) is 13.0 Å². The first-order valence-corrected chi connectivity index (χ1v) is 9.56. The summed E-state index contributed by atoms with van der Waals surface area (Å²) >= 11 is 4.32. The van der Waals surface area contributed by atoms with Crippen LogP contribution < -0.4 is 5.32 Å². The highest BCUT2D eigenvalue weighted by Crippen LogP contribution is 2.23. The van der Waals surface area contributed by atoms with E-state index in [1.165, 1.54) is 4.90 Å². The lowest BCUT2D eigenvalue weighted by Crippen LogP contribution is -2.52. The maximum absolute atomic E-state index is 12.6. The van der Waals surface area contributed by atoms with Crippen molar-refractivity contribution >= 4 is 30.4 Å². The highest BCUT2D eigenvalue weighted by atomic mass is 32.1. The predicted octanol–water partition coefficient (Wildman–Crippen LogP) is 1.68. The summed E-state index contributed by atoms with van der Waals surface area (Å²) in [4.78, 5) is 37.9. The number of benzene rings is 2. The highest BCUT2D eigenvalue weighted by Gasteiger charge is 2.34. The standard InChI is InChI=1S/C21H22N2O4S/c24-19(12-22-20(25)18(28)10-14-6-2-1-3-7-14)23-13-16-9-5-4-8-15(16)11-17(23)21(26)27/h1-9,17-18,28H,10-13H2,(H,22,25)(H,26,27)/t17-,18-/m0/s1. The van der Waals surface area contributed by atoms with Gasteiger partial charge in [-0.25, -0.2) is 4.79 Å². The molecule has 7 heteroatoms. The molecule has 0 fully saturated rings. The Bertz CT molecular complexity index is 872. The molecule has 2 N–H and O–H groups in total. The minimum Gasteiger partial charge on any atom is -0.480 e. The average Bonchev–Trinajstić information content (AvgIpc) is 2.71. The van der Waals surface area contributed by atoms with Crippen LogP contribution in [0.5, 0.6) is 0 Å². The van der Waals surface area contributed by atoms with Gasteiger partial charge in [-0.05, 0) is 23.1 Å². The fraction of sp³-hybridized carbons (Fsp3) is 0.286. The molecular weight excluding hydrogens is 376 g/mol. The first kappa shape index (κ1) is 19.9. The van der Waals surface area contributed by atoms with Crippen LogP contribution in [0.15, 0.2) is 54.6 Å². The molecule has 6 nitrogen and oxygen atoms in total. The van der Waals surface area contributed by atoms with Crippen molar-refractivity contribution in [1.29, 1.82) is 0 Å². The molecular formula is C21H22N2O4S. The van der Waals surface area contributed by atoms with Gasteiger partial charge < -0.3 is 15.3 Å². The van der Waals surface area contributed by atoms with Crippen molar-refractivity contribution in [2.75, 3.05) is 6.54 Å². The van der Waals surface area contributed by atoms with Crippen LogP contribution >= 0.6 is 12.6 Å². The number of nitrogens with zero attached hydrogens (tertiary/aromatic N) is 1. The lowest BCUT2D eigenvalue weighted by molar-refractivity contribution is -0.151. The second-order valence-corrected chi connectivity index (χ2v) is 7.40. The molecule has 2 atom stereocenters. The summed E-state index contributed by atoms with van der Waals surface area (Å²) < 4.78 is 0. The lowest BCUT2D eigenvalue weighted by atomic mass is 9.94. The molecule has 0 bridgehead atoms. The number of rotatable bonds is 6. The van der Waals surface area contributed by atoms with E-state index in [1.807, 2.05) is 54.6 Å². The molecule has 2 aromatic rings. The zero-order chi connectivity index (χ0) is 20.1. The third-order valence-corrected chi connectivity index (χ3v) is 5.26. The molecule has 3 rings (SSSR count). The molecule has 0 saturated heterocycles. The number of carbonyl (C=O) groups is 3. The van der Waals surface area contributed by atoms with Crippen LogP contribution in [0.4, 0.5) is 0 Å². The Morgan fingerprint density at radius 3 is 2.39 bits per heavy atom. The maximum Gasteiger partial charge on any atom is 0.326 e. The van der Waals surface area contributed by atoms with E-state index in [4.69, 9.17) is 0 Å². The Labute approximate surface area is 169 Å². The molecule has 1 aliphatic heterocycles. The summed E-state index contributed by atoms with van der Waals surface area (Å²) in [6, 6.07) is 16.0. The number of carboxylic acid groups (broad SMARTS) is 1. The van der Waals surface area contributed by atoms with Crippen molar-refractivity contribution in [1.82, 2.24) is 10.2 Å². The van der Waals surface area contributed by atoms with Crippen LogP contribution in [0, 0.1) is 0 Å². The molecule has 1 aliphatic rings. The minimum atomic E-state index is -1.05. The van der Waals surface area contributed by atoms with Crippen molar-refractivity contribution in [3.8, 4) is 0 Å². The minimum absolute atomic E-state index is 0.218. The second kappa shape index (κ2) is 8.93. The highest BCUT2D eigenvalue weighted by molar-refractivity contribution is 7.81. The van der Waals surface area contributed by atoms with E-state index in [9.17, 15) is 19.5 Å². The summed E-state index contributed by atoms with van der Waals surface area (Å²) in [7, 11) is 0. The molecule has 1 heterocycles. The van der Waals surface area contributed by atoms with Crippen molar-refractivity contribution in [3.05, 3.63) is 71.3 Å². The van der Waals surface area contributed by atoms with Crippen LogP contribution in [0.2, 0.25) is 0 Å². The topological polar surface area (TPSA) is 86.7 Å². The zero-order valence-corrected chi connectivity index (χ0v) is 16.1. The number of thiol groups is 1. The SMILES string of the molecule is O=C(NCC(=O)N1Cc2ccccc2C[C@H]1C(=O)O)[C@@H](S)Cc1ccccc1. The summed E-state index contributed by atoms with van der Waals surface area (Å²) in [5.74, 6) is -1.83. The first-order chi connectivity index (χ1) is 13.5. The predicted molar refractivity (Wildman–Crippen MR) is 108 cm³/mol. The van der Waals surface area contributed by atoms with Gasteiger partial charge in [0.15, 0.2) is 0 Å². The molecule has 146 valence electrons. The van der Waals surface area contributed by atoms with E-state index >= 15 is 0 Å². The van der Waals surface area contributed by atoms with E-state index in [-0.39, 0.29) is 25.4 Å². The maximum atomic E-state index is 12.6. The van der Waals surface area contributed by atoms with Gasteiger partial charge in [-0.1, -0.05) is 54.6 Å². The number of carboxylic acids is 1. The van der Waals surface area contributed by atoms with Gasteiger partial charge in [-0.2, -0.15) is 12.6 Å². The van der Waals surface area contributed by atoms with Gasteiger partial charge >= 0.3 is 5.97 Å². The largest absolute Gasteiger partial charge is 0.480 e. The summed E-state index contributed by atoms with van der Waals surface area (Å²) in [6.45, 7) is -0.0349. The van der Waals surface area contributed by atoms with Crippen LogP contribution in [-0.4, -0.2) is 45.6 Å². The number of aliphatic carboxylic acids is 1. The van der Waals surface area contributed by atoms with Crippen LogP contribution in [0.3, 0.4) is 0 Å². The molecule has 0 unspecified atom stereocenters. The van der Waals surface area contributed by atoms with Gasteiger partial charge in [0.2, 0.25) is 11.8 Å². The Kier molecular flexibility index (Phi) is 6.36. The van der Waals surface area contributed by atoms with Crippen LogP contribution in [0.25, 0.3) is 0 Å². The molecule has 0 radical (unpaired) electrons. The first-order valence-electron chi connectivity index (χ1n) is 9.04. The van der Waals surface area contributed by atoms with Crippen LogP contribution in [-0.2, 0) is 33.8 Å². The summed E-state index contributed by atoms with van der Waals surface area (Å²) in [6.07, 6.45) is 0.702. The Balaban J connectivity index is 1.60. The van der Waals surface area contributed by atoms with Gasteiger partial charge in [-0.15, -0.1) is 0 Å². The van der Waals surface area contributed by atoms with E-state index < -0.39 is 23.2 Å². The number of fused-ring (bicyclic) bond motifs is 1. The Hall–Kier alpha value is -2.80. The molecule has 0 aliphatic carbocycles. The van der Waals surface area contributed by atoms with Gasteiger partial charge in [0.05, 0.1) is 11.8 Å². The normalized spacial score (nSPS) is 16.8. The van der Waals surface area contributed by atoms with Gasteiger partial charge in [0.25, 0.3) is 0 Å². The quantitative estimate of drug-likeness (QED) is 0.646. The number of amides is 2. The van der Waals surface area contributed by atoms with Crippen molar-refractivity contribution in [2.45, 2.75) is 30.7 Å². The number of nitrogens with one attached hydrogen (secondary N) is 1. The average molecular weight is 398 g/mol. The molecule has 0 spiro atoms. The zero-order valence-electron chi connectivity index (χ0n) is 15.2. The van der Waals surface area contributed by atoms with E-state index in [0.717, 1.165) is 16.7 Å². The summed E-state index contributed by atoms with van der Waals surface area (Å²) in [5, 5.41) is 11.5. The molecule has 28 heavy (non-hydrogen) atoms. The van der Waals surface area contributed by atoms with E-state index in [1.54, 1.807) is 0 Å². The molecule has 0 aromatic heterocycles. The third-order valence-electron chi connectivity index (χ3n) is 4.84. The van der Waals surface area contributed by atoms with E-state index in [2.05, 4.69) is 17.9 Å². The molecule has 0 saturated carbocycles. The fourth-order valence-electron chi connectivity index (χ4n) is 3.32. The number of carbonyl (C=O) groups excluding carboxylic acids is 2. The summed E-state index contributed by atoms with van der Waals surface area (Å²) in [5.41, 5.74) is 2.83. The molecule has 2 aromatic carbocycles. The monoisotopic (exact) mass is 398 g/mol. The van der Waals surface area contributed by atoms with Crippen molar-refractivity contribution < 1.29 is 19.5 Å². The van der Waals surface area contributed by atoms with Gasteiger partial charge in [-0.3, -0.25) is 9.59 Å². The van der Waals surface area contributed by atoms with Gasteiger partial charge in [0.1, 0.15) is 6.04 Å². The number of hydrogen-bond donors (Lipinski definition) is 3. The Morgan fingerprint density at radius 2 is 1.71 bits per heavy atom.